The number of halogens is 1. The third kappa shape index (κ3) is 4.61. The predicted molar refractivity (Wildman–Crippen MR) is 98.5 cm³/mol. The average Bonchev–Trinajstić information content (AvgIpc) is 2.66. The van der Waals surface area contributed by atoms with Gasteiger partial charge in [-0.1, -0.05) is 35.9 Å². The second kappa shape index (κ2) is 8.49. The highest BCUT2D eigenvalue weighted by molar-refractivity contribution is 6.38. The van der Waals surface area contributed by atoms with Crippen molar-refractivity contribution in [1.82, 2.24) is 0 Å². The number of benzene rings is 2. The highest BCUT2D eigenvalue weighted by Crippen LogP contribution is 2.20. The van der Waals surface area contributed by atoms with Crippen molar-refractivity contribution >= 4 is 34.9 Å². The van der Waals surface area contributed by atoms with Crippen LogP contribution in [-0.4, -0.2) is 30.8 Å². The zero-order chi connectivity index (χ0) is 18.4. The Morgan fingerprint density at radius 2 is 1.88 bits per heavy atom. The number of hydrazone groups is 1. The number of esters is 1. The van der Waals surface area contributed by atoms with Crippen LogP contribution in [0.2, 0.25) is 5.02 Å². The van der Waals surface area contributed by atoms with E-state index in [4.69, 9.17) is 21.1 Å². The number of hydrogen-bond acceptors (Lipinski definition) is 5. The molecule has 1 heterocycles. The summed E-state index contributed by atoms with van der Waals surface area (Å²) in [6.45, 7) is 0.268. The van der Waals surface area contributed by atoms with Gasteiger partial charge in [-0.3, -0.25) is 4.79 Å². The molecule has 0 atom stereocenters. The van der Waals surface area contributed by atoms with E-state index in [2.05, 4.69) is 5.10 Å². The molecule has 0 aromatic heterocycles. The smallest absolute Gasteiger partial charge is 0.354 e. The van der Waals surface area contributed by atoms with E-state index < -0.39 is 5.97 Å². The number of ether oxygens (including phenoxy) is 2. The summed E-state index contributed by atoms with van der Waals surface area (Å²) in [5, 5.41) is 5.96. The Hall–Kier alpha value is -2.86. The Kier molecular flexibility index (Phi) is 5.86. The summed E-state index contributed by atoms with van der Waals surface area (Å²) < 4.78 is 10.7. The fourth-order valence-corrected chi connectivity index (χ4v) is 2.59. The number of carbonyl (C=O) groups excluding carboxylic acids is 2. The van der Waals surface area contributed by atoms with Crippen LogP contribution >= 0.6 is 11.6 Å². The molecule has 0 fully saturated rings. The number of nitrogens with zero attached hydrogens (tertiary/aromatic N) is 2. The van der Waals surface area contributed by atoms with Crippen LogP contribution in [0, 0.1) is 0 Å². The molecule has 6 nitrogen and oxygen atoms in total. The summed E-state index contributed by atoms with van der Waals surface area (Å²) in [5.41, 5.74) is 0.836. The molecule has 0 bridgehead atoms. The monoisotopic (exact) mass is 372 g/mol. The van der Waals surface area contributed by atoms with Crippen molar-refractivity contribution in [3.05, 3.63) is 59.6 Å². The Bertz CT molecular complexity index is 823. The first-order valence-corrected chi connectivity index (χ1v) is 8.52. The minimum Gasteiger partial charge on any atom is -0.490 e. The van der Waals surface area contributed by atoms with E-state index in [-0.39, 0.29) is 37.7 Å². The normalized spacial score (nSPS) is 14.0. The topological polar surface area (TPSA) is 68.2 Å². The van der Waals surface area contributed by atoms with E-state index in [9.17, 15) is 9.59 Å². The fourth-order valence-electron chi connectivity index (χ4n) is 2.41. The van der Waals surface area contributed by atoms with Crippen LogP contribution in [0.15, 0.2) is 59.7 Å². The molecule has 0 spiro atoms. The summed E-state index contributed by atoms with van der Waals surface area (Å²) >= 11 is 5.87. The molecule has 0 unspecified atom stereocenters. The molecule has 1 amide bonds. The standard InChI is InChI=1S/C19H17ClN2O4/c20-14-5-4-8-16(13-14)25-11-12-26-19(24)17-9-10-18(23)22(21-17)15-6-2-1-3-7-15/h1-8,13H,9-12H2. The third-order valence-corrected chi connectivity index (χ3v) is 3.89. The lowest BCUT2D eigenvalue weighted by atomic mass is 10.1. The first-order valence-electron chi connectivity index (χ1n) is 8.14. The van der Waals surface area contributed by atoms with Gasteiger partial charge in [0.05, 0.1) is 5.69 Å². The van der Waals surface area contributed by atoms with Gasteiger partial charge >= 0.3 is 5.97 Å². The van der Waals surface area contributed by atoms with Crippen molar-refractivity contribution in [3.8, 4) is 5.75 Å². The molecule has 1 aliphatic heterocycles. The number of anilines is 1. The number of amides is 1. The van der Waals surface area contributed by atoms with Crippen molar-refractivity contribution < 1.29 is 19.1 Å². The Morgan fingerprint density at radius 3 is 2.65 bits per heavy atom. The summed E-state index contributed by atoms with van der Waals surface area (Å²) in [7, 11) is 0. The molecule has 134 valence electrons. The second-order valence-electron chi connectivity index (χ2n) is 5.53. The molecule has 0 aliphatic carbocycles. The predicted octanol–water partition coefficient (Wildman–Crippen LogP) is 3.45. The van der Waals surface area contributed by atoms with Crippen LogP contribution in [0.1, 0.15) is 12.8 Å². The third-order valence-electron chi connectivity index (χ3n) is 3.65. The lowest BCUT2D eigenvalue weighted by molar-refractivity contribution is -0.136. The van der Waals surface area contributed by atoms with Crippen LogP contribution < -0.4 is 9.75 Å². The number of rotatable bonds is 6. The molecule has 0 radical (unpaired) electrons. The maximum Gasteiger partial charge on any atom is 0.354 e. The summed E-state index contributed by atoms with van der Waals surface area (Å²) in [6.07, 6.45) is 0.470. The van der Waals surface area contributed by atoms with Crippen LogP contribution in [0.25, 0.3) is 0 Å². The quantitative estimate of drug-likeness (QED) is 0.575. The molecule has 0 saturated carbocycles. The van der Waals surface area contributed by atoms with E-state index >= 15 is 0 Å². The lowest BCUT2D eigenvalue weighted by Crippen LogP contribution is -2.35. The maximum atomic E-state index is 12.2. The van der Waals surface area contributed by atoms with E-state index in [1.807, 2.05) is 6.07 Å². The Balaban J connectivity index is 1.54. The summed E-state index contributed by atoms with van der Waals surface area (Å²) in [4.78, 5) is 24.2. The van der Waals surface area contributed by atoms with Gasteiger partial charge in [-0.15, -0.1) is 0 Å². The van der Waals surface area contributed by atoms with Gasteiger partial charge in [0.15, 0.2) is 0 Å². The number of hydrogen-bond donors (Lipinski definition) is 0. The fraction of sp³-hybridized carbons (Fsp3) is 0.211. The Labute approximate surface area is 156 Å². The van der Waals surface area contributed by atoms with E-state index in [1.54, 1.807) is 48.5 Å². The van der Waals surface area contributed by atoms with Gasteiger partial charge in [0.1, 0.15) is 24.7 Å². The molecule has 1 aliphatic rings. The van der Waals surface area contributed by atoms with Gasteiger partial charge in [-0.25, -0.2) is 9.80 Å². The van der Waals surface area contributed by atoms with Crippen molar-refractivity contribution in [1.29, 1.82) is 0 Å². The minimum absolute atomic E-state index is 0.0731. The van der Waals surface area contributed by atoms with E-state index in [0.717, 1.165) is 0 Å². The van der Waals surface area contributed by atoms with Gasteiger partial charge in [0, 0.05) is 17.9 Å². The molecule has 26 heavy (non-hydrogen) atoms. The molecule has 2 aromatic rings. The summed E-state index contributed by atoms with van der Waals surface area (Å²) in [5.74, 6) is -0.102. The molecule has 7 heteroatoms. The van der Waals surface area contributed by atoms with Crippen molar-refractivity contribution in [3.63, 3.8) is 0 Å². The SMILES string of the molecule is O=C(OCCOc1cccc(Cl)c1)C1=NN(c2ccccc2)C(=O)CC1. The molecule has 0 saturated heterocycles. The molecular formula is C19H17ClN2O4. The minimum atomic E-state index is -0.548. The number of carbonyl (C=O) groups is 2. The zero-order valence-electron chi connectivity index (χ0n) is 13.9. The maximum absolute atomic E-state index is 12.2. The van der Waals surface area contributed by atoms with Gasteiger partial charge in [0.25, 0.3) is 0 Å². The van der Waals surface area contributed by atoms with Gasteiger partial charge in [-0.05, 0) is 30.3 Å². The van der Waals surface area contributed by atoms with Crippen LogP contribution in [0.4, 0.5) is 5.69 Å². The van der Waals surface area contributed by atoms with E-state index in [0.29, 0.717) is 16.5 Å². The van der Waals surface area contributed by atoms with E-state index in [1.165, 1.54) is 5.01 Å². The van der Waals surface area contributed by atoms with Crippen molar-refractivity contribution in [2.24, 2.45) is 5.10 Å². The first kappa shape index (κ1) is 17.9. The van der Waals surface area contributed by atoms with Gasteiger partial charge < -0.3 is 9.47 Å². The Morgan fingerprint density at radius 1 is 1.08 bits per heavy atom. The number of para-hydroxylation sites is 1. The highest BCUT2D eigenvalue weighted by atomic mass is 35.5. The lowest BCUT2D eigenvalue weighted by Gasteiger charge is -2.22. The average molecular weight is 373 g/mol. The van der Waals surface area contributed by atoms with Crippen molar-refractivity contribution in [2.75, 3.05) is 18.2 Å². The van der Waals surface area contributed by atoms with Crippen LogP contribution in [0.3, 0.4) is 0 Å². The highest BCUT2D eigenvalue weighted by Gasteiger charge is 2.26. The largest absolute Gasteiger partial charge is 0.490 e. The second-order valence-corrected chi connectivity index (χ2v) is 5.97. The zero-order valence-corrected chi connectivity index (χ0v) is 14.7. The van der Waals surface area contributed by atoms with Crippen LogP contribution in [0.5, 0.6) is 5.75 Å². The van der Waals surface area contributed by atoms with Gasteiger partial charge in [-0.2, -0.15) is 5.10 Å². The molecule has 3 rings (SSSR count). The molecular weight excluding hydrogens is 356 g/mol. The first-order chi connectivity index (χ1) is 12.6. The molecule has 2 aromatic carbocycles. The van der Waals surface area contributed by atoms with Crippen molar-refractivity contribution in [2.45, 2.75) is 12.8 Å². The summed E-state index contributed by atoms with van der Waals surface area (Å²) in [6, 6.07) is 15.9. The molecule has 0 N–H and O–H groups in total. The van der Waals surface area contributed by atoms with Crippen LogP contribution in [-0.2, 0) is 14.3 Å². The van der Waals surface area contributed by atoms with Gasteiger partial charge in [0.2, 0.25) is 5.91 Å².